The van der Waals surface area contributed by atoms with Gasteiger partial charge in [0.25, 0.3) is 0 Å². The highest BCUT2D eigenvalue weighted by atomic mass is 127. The smallest absolute Gasteiger partial charge is 0.331 e. The molecule has 1 N–H and O–H groups in total. The minimum atomic E-state index is -0.852. The molecule has 0 bridgehead atoms. The number of carboxylic acid groups (broad SMARTS) is 1. The van der Waals surface area contributed by atoms with Gasteiger partial charge >= 0.3 is 5.97 Å². The summed E-state index contributed by atoms with van der Waals surface area (Å²) in [5, 5.41) is 8.11. The molecule has 40 valence electrons. The first-order valence-corrected chi connectivity index (χ1v) is 2.93. The summed E-state index contributed by atoms with van der Waals surface area (Å²) in [6.07, 6.45) is 0. The van der Waals surface area contributed by atoms with Crippen LogP contribution in [-0.4, -0.2) is 11.1 Å². The first-order chi connectivity index (χ1) is 3.18. The molecule has 3 heteroatoms. The number of halogens is 1. The molecule has 2 nitrogen and oxygen atoms in total. The van der Waals surface area contributed by atoms with Crippen molar-refractivity contribution in [3.05, 3.63) is 9.66 Å². The van der Waals surface area contributed by atoms with Crippen molar-refractivity contribution in [1.82, 2.24) is 0 Å². The summed E-state index contributed by atoms with van der Waals surface area (Å²) in [5.41, 5.74) is 0.376. The van der Waals surface area contributed by atoms with E-state index in [9.17, 15) is 4.79 Å². The Bertz CT molecular complexity index is 106. The van der Waals surface area contributed by atoms with Gasteiger partial charge in [0.05, 0.1) is 0 Å². The molecule has 0 amide bonds. The highest BCUT2D eigenvalue weighted by Gasteiger charge is 1.94. The van der Waals surface area contributed by atoms with Gasteiger partial charge in [0.15, 0.2) is 0 Å². The second-order valence-electron chi connectivity index (χ2n) is 1.10. The predicted octanol–water partition coefficient (Wildman–Crippen LogP) is 1.41. The zero-order valence-corrected chi connectivity index (χ0v) is 5.97. The maximum atomic E-state index is 9.86. The molecule has 0 aromatic heterocycles. The molecule has 7 heavy (non-hydrogen) atoms. The van der Waals surface area contributed by atoms with Gasteiger partial charge in [0.2, 0.25) is 0 Å². The van der Waals surface area contributed by atoms with Gasteiger partial charge in [-0.3, -0.25) is 0 Å². The second-order valence-corrected chi connectivity index (χ2v) is 1.72. The summed E-state index contributed by atoms with van der Waals surface area (Å²) >= 11 is 1.89. The Kier molecular flexibility index (Phi) is 2.98. The van der Waals surface area contributed by atoms with Gasteiger partial charge in [-0.2, -0.15) is 0 Å². The van der Waals surface area contributed by atoms with E-state index in [1.165, 1.54) is 4.08 Å². The van der Waals surface area contributed by atoms with Crippen LogP contribution in [0.3, 0.4) is 0 Å². The Morgan fingerprint density at radius 1 is 1.86 bits per heavy atom. The molecule has 0 rings (SSSR count). The first-order valence-electron chi connectivity index (χ1n) is 1.68. The Morgan fingerprint density at radius 2 is 2.29 bits per heavy atom. The lowest BCUT2D eigenvalue weighted by Gasteiger charge is -1.83. The van der Waals surface area contributed by atoms with Gasteiger partial charge in [0.1, 0.15) is 0 Å². The van der Waals surface area contributed by atoms with Gasteiger partial charge in [0, 0.05) is 5.57 Å². The first kappa shape index (κ1) is 6.94. The van der Waals surface area contributed by atoms with Crippen molar-refractivity contribution in [2.75, 3.05) is 0 Å². The average molecular weight is 212 g/mol. The molecule has 0 aliphatic rings. The van der Waals surface area contributed by atoms with Crippen molar-refractivity contribution < 1.29 is 9.90 Å². The summed E-state index contributed by atoms with van der Waals surface area (Å²) in [7, 11) is 0. The van der Waals surface area contributed by atoms with E-state index in [0.29, 0.717) is 5.57 Å². The van der Waals surface area contributed by atoms with Crippen LogP contribution in [0.5, 0.6) is 0 Å². The molecule has 0 aromatic rings. The third kappa shape index (κ3) is 2.61. The molecule has 0 aromatic carbocycles. The van der Waals surface area contributed by atoms with Crippen LogP contribution in [-0.2, 0) is 4.79 Å². The van der Waals surface area contributed by atoms with Crippen LogP contribution in [0.2, 0.25) is 0 Å². The Hall–Kier alpha value is -0.0600. The fourth-order valence-electron chi connectivity index (χ4n) is 0.0467. The average Bonchev–Trinajstić information content (AvgIpc) is 1.65. The van der Waals surface area contributed by atoms with Gasteiger partial charge in [-0.15, -0.1) is 0 Å². The number of aliphatic carboxylic acids is 1. The molecule has 0 fully saturated rings. The Morgan fingerprint density at radius 3 is 2.29 bits per heavy atom. The summed E-state index contributed by atoms with van der Waals surface area (Å²) in [6, 6.07) is 0. The molecule has 0 saturated heterocycles. The molecular formula is C4H5IO2. The van der Waals surface area contributed by atoms with Crippen LogP contribution in [0, 0.1) is 0 Å². The lowest BCUT2D eigenvalue weighted by atomic mass is 10.4. The van der Waals surface area contributed by atoms with Crippen LogP contribution < -0.4 is 0 Å². The molecule has 0 unspecified atom stereocenters. The largest absolute Gasteiger partial charge is 0.478 e. The van der Waals surface area contributed by atoms with E-state index < -0.39 is 5.97 Å². The van der Waals surface area contributed by atoms with Crippen molar-refractivity contribution in [3.8, 4) is 0 Å². The topological polar surface area (TPSA) is 37.3 Å². The van der Waals surface area contributed by atoms with Gasteiger partial charge in [-0.1, -0.05) is 22.6 Å². The lowest BCUT2D eigenvalue weighted by Crippen LogP contribution is -1.93. The van der Waals surface area contributed by atoms with Crippen LogP contribution in [0.25, 0.3) is 0 Å². The van der Waals surface area contributed by atoms with E-state index in [1.54, 1.807) is 6.92 Å². The Balaban J connectivity index is 3.82. The highest BCUT2D eigenvalue weighted by molar-refractivity contribution is 14.1. The zero-order chi connectivity index (χ0) is 5.86. The van der Waals surface area contributed by atoms with Gasteiger partial charge < -0.3 is 5.11 Å². The number of carbonyl (C=O) groups is 1. The summed E-state index contributed by atoms with van der Waals surface area (Å²) in [5.74, 6) is -0.852. The van der Waals surface area contributed by atoms with Crippen LogP contribution in [0.1, 0.15) is 6.92 Å². The maximum absolute atomic E-state index is 9.86. The van der Waals surface area contributed by atoms with Crippen molar-refractivity contribution in [2.24, 2.45) is 0 Å². The molecule has 0 aliphatic carbocycles. The zero-order valence-electron chi connectivity index (χ0n) is 3.81. The molecule has 0 saturated carbocycles. The highest BCUT2D eigenvalue weighted by Crippen LogP contribution is 1.95. The van der Waals surface area contributed by atoms with E-state index in [2.05, 4.69) is 0 Å². The molecular weight excluding hydrogens is 207 g/mol. The molecule has 0 spiro atoms. The molecule has 0 heterocycles. The minimum Gasteiger partial charge on any atom is -0.478 e. The quantitative estimate of drug-likeness (QED) is 0.527. The Labute approximate surface area is 55.4 Å². The van der Waals surface area contributed by atoms with E-state index in [-0.39, 0.29) is 0 Å². The molecule has 0 aliphatic heterocycles. The fourth-order valence-corrected chi connectivity index (χ4v) is 0.313. The van der Waals surface area contributed by atoms with Crippen molar-refractivity contribution >= 4 is 28.6 Å². The normalized spacial score (nSPS) is 11.4. The van der Waals surface area contributed by atoms with E-state index in [0.717, 1.165) is 0 Å². The fraction of sp³-hybridized carbons (Fsp3) is 0.250. The van der Waals surface area contributed by atoms with Crippen LogP contribution in [0.4, 0.5) is 0 Å². The number of rotatable bonds is 1. The monoisotopic (exact) mass is 212 g/mol. The van der Waals surface area contributed by atoms with Gasteiger partial charge in [-0.25, -0.2) is 4.79 Å². The SMILES string of the molecule is CC(=CI)C(=O)O. The third-order valence-corrected chi connectivity index (χ3v) is 1.44. The van der Waals surface area contributed by atoms with Crippen molar-refractivity contribution in [3.63, 3.8) is 0 Å². The minimum absolute atomic E-state index is 0.376. The second kappa shape index (κ2) is 3.01. The van der Waals surface area contributed by atoms with Crippen LogP contribution in [0.15, 0.2) is 9.66 Å². The number of carboxylic acids is 1. The predicted molar refractivity (Wildman–Crippen MR) is 35.4 cm³/mol. The summed E-state index contributed by atoms with van der Waals surface area (Å²) < 4.78 is 1.53. The van der Waals surface area contributed by atoms with Crippen molar-refractivity contribution in [2.45, 2.75) is 6.92 Å². The van der Waals surface area contributed by atoms with E-state index in [1.807, 2.05) is 22.6 Å². The number of hydrogen-bond donors (Lipinski definition) is 1. The van der Waals surface area contributed by atoms with Crippen LogP contribution >= 0.6 is 22.6 Å². The lowest BCUT2D eigenvalue weighted by molar-refractivity contribution is -0.132. The van der Waals surface area contributed by atoms with Gasteiger partial charge in [-0.05, 0) is 11.0 Å². The number of hydrogen-bond acceptors (Lipinski definition) is 1. The molecule has 0 atom stereocenters. The maximum Gasteiger partial charge on any atom is 0.331 e. The molecule has 0 radical (unpaired) electrons. The summed E-state index contributed by atoms with van der Waals surface area (Å²) in [4.78, 5) is 9.86. The third-order valence-electron chi connectivity index (χ3n) is 0.501. The van der Waals surface area contributed by atoms with Crippen molar-refractivity contribution in [1.29, 1.82) is 0 Å². The van der Waals surface area contributed by atoms with E-state index in [4.69, 9.17) is 5.11 Å². The van der Waals surface area contributed by atoms with E-state index >= 15 is 0 Å². The standard InChI is InChI=1S/C4H5IO2/c1-3(2-5)4(6)7/h2H,1H3,(H,6,7). The summed E-state index contributed by atoms with van der Waals surface area (Å²) in [6.45, 7) is 1.55.